The zero-order chi connectivity index (χ0) is 20.6. The number of hydrogen-bond donors (Lipinski definition) is 1. The van der Waals surface area contributed by atoms with Gasteiger partial charge in [-0.15, -0.1) is 12.4 Å². The highest BCUT2D eigenvalue weighted by atomic mass is 35.5. The zero-order valence-corrected chi connectivity index (χ0v) is 18.4. The van der Waals surface area contributed by atoms with Crippen LogP contribution in [0.4, 0.5) is 0 Å². The summed E-state index contributed by atoms with van der Waals surface area (Å²) in [4.78, 5) is 29.2. The Kier molecular flexibility index (Phi) is 6.53. The first kappa shape index (κ1) is 22.3. The second-order valence-corrected chi connectivity index (χ2v) is 8.50. The number of likely N-dealkylation sites (tertiary alicyclic amines) is 2. The standard InChI is InChI=1S/C22H29N5O2.ClH/c1-16-10-19(24-25(16)2)21(29)27-13-18-12-26(20(28)11-23)14-22(18,15-27)9-8-17-6-4-3-5-7-17;/h3-7,10,18H,8-9,11-15,23H2,1-2H3;1H. The van der Waals surface area contributed by atoms with Crippen LogP contribution in [-0.2, 0) is 18.3 Å². The minimum Gasteiger partial charge on any atom is -0.341 e. The van der Waals surface area contributed by atoms with Crippen LogP contribution in [0.2, 0.25) is 0 Å². The van der Waals surface area contributed by atoms with E-state index in [2.05, 4.69) is 29.4 Å². The van der Waals surface area contributed by atoms with Gasteiger partial charge in [-0.3, -0.25) is 14.3 Å². The van der Waals surface area contributed by atoms with Crippen molar-refractivity contribution in [2.75, 3.05) is 32.7 Å². The number of aryl methyl sites for hydroxylation is 3. The highest BCUT2D eigenvalue weighted by Gasteiger charge is 2.54. The van der Waals surface area contributed by atoms with Gasteiger partial charge in [-0.25, -0.2) is 0 Å². The molecule has 162 valence electrons. The highest BCUT2D eigenvalue weighted by Crippen LogP contribution is 2.46. The molecule has 30 heavy (non-hydrogen) atoms. The smallest absolute Gasteiger partial charge is 0.274 e. The van der Waals surface area contributed by atoms with Gasteiger partial charge in [0.15, 0.2) is 5.69 Å². The number of carbonyl (C=O) groups is 2. The molecular weight excluding hydrogens is 402 g/mol. The van der Waals surface area contributed by atoms with Crippen LogP contribution in [0.1, 0.15) is 28.2 Å². The molecule has 1 aromatic heterocycles. The maximum absolute atomic E-state index is 13.1. The molecule has 2 saturated heterocycles. The molecule has 2 N–H and O–H groups in total. The topological polar surface area (TPSA) is 84.5 Å². The van der Waals surface area contributed by atoms with Crippen molar-refractivity contribution >= 4 is 24.2 Å². The molecule has 2 atom stereocenters. The van der Waals surface area contributed by atoms with Crippen LogP contribution in [0.5, 0.6) is 0 Å². The second-order valence-electron chi connectivity index (χ2n) is 8.50. The van der Waals surface area contributed by atoms with E-state index < -0.39 is 0 Å². The van der Waals surface area contributed by atoms with E-state index in [1.54, 1.807) is 4.68 Å². The summed E-state index contributed by atoms with van der Waals surface area (Å²) in [6.07, 6.45) is 1.88. The third kappa shape index (κ3) is 4.09. The number of nitrogens with two attached hydrogens (primary N) is 1. The Labute approximate surface area is 183 Å². The van der Waals surface area contributed by atoms with Gasteiger partial charge in [0.1, 0.15) is 0 Å². The predicted molar refractivity (Wildman–Crippen MR) is 117 cm³/mol. The number of fused-ring (bicyclic) bond motifs is 1. The molecule has 0 aliphatic carbocycles. The third-order valence-corrected chi connectivity index (χ3v) is 6.66. The molecular formula is C22H30ClN5O2. The summed E-state index contributed by atoms with van der Waals surface area (Å²) in [5.41, 5.74) is 8.28. The molecule has 4 rings (SSSR count). The summed E-state index contributed by atoms with van der Waals surface area (Å²) >= 11 is 0. The molecule has 0 saturated carbocycles. The van der Waals surface area contributed by atoms with Crippen molar-refractivity contribution in [2.45, 2.75) is 19.8 Å². The Hall–Kier alpha value is -2.38. The SMILES string of the molecule is Cc1cc(C(=O)N2CC3CN(C(=O)CN)CC3(CCc3ccccc3)C2)nn1C.Cl. The van der Waals surface area contributed by atoms with Gasteiger partial charge in [0.05, 0.1) is 6.54 Å². The van der Waals surface area contributed by atoms with Crippen LogP contribution in [0, 0.1) is 18.3 Å². The molecule has 8 heteroatoms. The number of rotatable bonds is 5. The van der Waals surface area contributed by atoms with Gasteiger partial charge in [-0.05, 0) is 31.4 Å². The van der Waals surface area contributed by atoms with Gasteiger partial charge in [-0.2, -0.15) is 5.10 Å². The van der Waals surface area contributed by atoms with Crippen molar-refractivity contribution in [1.29, 1.82) is 0 Å². The summed E-state index contributed by atoms with van der Waals surface area (Å²) in [6.45, 7) is 4.66. The van der Waals surface area contributed by atoms with Crippen LogP contribution in [-0.4, -0.2) is 64.1 Å². The molecule has 0 bridgehead atoms. The summed E-state index contributed by atoms with van der Waals surface area (Å²) < 4.78 is 1.73. The fraction of sp³-hybridized carbons (Fsp3) is 0.500. The number of aromatic nitrogens is 2. The molecule has 3 heterocycles. The third-order valence-electron chi connectivity index (χ3n) is 6.66. The lowest BCUT2D eigenvalue weighted by atomic mass is 9.76. The first-order valence-corrected chi connectivity index (χ1v) is 10.2. The van der Waals surface area contributed by atoms with Gasteiger partial charge in [0.25, 0.3) is 5.91 Å². The van der Waals surface area contributed by atoms with Crippen LogP contribution in [0.3, 0.4) is 0 Å². The summed E-state index contributed by atoms with van der Waals surface area (Å²) in [5, 5.41) is 4.37. The lowest BCUT2D eigenvalue weighted by molar-refractivity contribution is -0.129. The summed E-state index contributed by atoms with van der Waals surface area (Å²) in [6, 6.07) is 12.2. The summed E-state index contributed by atoms with van der Waals surface area (Å²) in [5.74, 6) is 0.256. The molecule has 0 radical (unpaired) electrons. The second kappa shape index (κ2) is 8.78. The normalized spacial score (nSPS) is 22.7. The largest absolute Gasteiger partial charge is 0.341 e. The van der Waals surface area contributed by atoms with E-state index in [0.29, 0.717) is 31.9 Å². The van der Waals surface area contributed by atoms with E-state index in [9.17, 15) is 9.59 Å². The monoisotopic (exact) mass is 431 g/mol. The molecule has 1 aromatic carbocycles. The van der Waals surface area contributed by atoms with Crippen molar-refractivity contribution in [3.8, 4) is 0 Å². The molecule has 2 aliphatic rings. The molecule has 2 unspecified atom stereocenters. The molecule has 2 fully saturated rings. The van der Waals surface area contributed by atoms with Gasteiger partial charge < -0.3 is 15.5 Å². The van der Waals surface area contributed by atoms with Crippen molar-refractivity contribution in [3.63, 3.8) is 0 Å². The molecule has 7 nitrogen and oxygen atoms in total. The van der Waals surface area contributed by atoms with E-state index in [4.69, 9.17) is 5.73 Å². The number of halogens is 1. The van der Waals surface area contributed by atoms with E-state index in [-0.39, 0.29) is 42.1 Å². The maximum Gasteiger partial charge on any atom is 0.274 e. The maximum atomic E-state index is 13.1. The quantitative estimate of drug-likeness (QED) is 0.780. The lowest BCUT2D eigenvalue weighted by Gasteiger charge is -2.29. The Morgan fingerprint density at radius 2 is 1.83 bits per heavy atom. The number of carbonyl (C=O) groups excluding carboxylic acids is 2. The van der Waals surface area contributed by atoms with Crippen molar-refractivity contribution in [1.82, 2.24) is 19.6 Å². The van der Waals surface area contributed by atoms with Gasteiger partial charge in [0.2, 0.25) is 5.91 Å². The van der Waals surface area contributed by atoms with E-state index in [0.717, 1.165) is 18.5 Å². The average Bonchev–Trinajstić information content (AvgIpc) is 3.36. The lowest BCUT2D eigenvalue weighted by Crippen LogP contribution is -2.41. The first-order valence-electron chi connectivity index (χ1n) is 10.2. The van der Waals surface area contributed by atoms with Crippen molar-refractivity contribution < 1.29 is 9.59 Å². The van der Waals surface area contributed by atoms with Crippen molar-refractivity contribution in [3.05, 3.63) is 53.3 Å². The van der Waals surface area contributed by atoms with Crippen LogP contribution in [0.15, 0.2) is 36.4 Å². The Morgan fingerprint density at radius 1 is 1.17 bits per heavy atom. The molecule has 2 amide bonds. The number of benzene rings is 1. The summed E-state index contributed by atoms with van der Waals surface area (Å²) in [7, 11) is 1.85. The fourth-order valence-electron chi connectivity index (χ4n) is 4.88. The fourth-order valence-corrected chi connectivity index (χ4v) is 4.88. The highest BCUT2D eigenvalue weighted by molar-refractivity contribution is 5.92. The number of amides is 2. The van der Waals surface area contributed by atoms with E-state index in [1.165, 1.54) is 5.56 Å². The number of hydrogen-bond acceptors (Lipinski definition) is 4. The van der Waals surface area contributed by atoms with E-state index >= 15 is 0 Å². The molecule has 0 spiro atoms. The average molecular weight is 432 g/mol. The Balaban J connectivity index is 0.00000256. The van der Waals surface area contributed by atoms with Gasteiger partial charge in [-0.1, -0.05) is 30.3 Å². The molecule has 2 aliphatic heterocycles. The Bertz CT molecular complexity index is 896. The minimum absolute atomic E-state index is 0. The predicted octanol–water partition coefficient (Wildman–Crippen LogP) is 1.64. The van der Waals surface area contributed by atoms with Crippen LogP contribution < -0.4 is 5.73 Å². The van der Waals surface area contributed by atoms with Crippen LogP contribution in [0.25, 0.3) is 0 Å². The van der Waals surface area contributed by atoms with Gasteiger partial charge in [0, 0.05) is 50.3 Å². The number of nitrogens with zero attached hydrogens (tertiary/aromatic N) is 4. The minimum atomic E-state index is -0.0832. The van der Waals surface area contributed by atoms with Crippen LogP contribution >= 0.6 is 12.4 Å². The van der Waals surface area contributed by atoms with Crippen molar-refractivity contribution in [2.24, 2.45) is 24.1 Å². The molecule has 2 aromatic rings. The first-order chi connectivity index (χ1) is 13.9. The zero-order valence-electron chi connectivity index (χ0n) is 17.6. The van der Waals surface area contributed by atoms with E-state index in [1.807, 2.05) is 35.9 Å². The van der Waals surface area contributed by atoms with Gasteiger partial charge >= 0.3 is 0 Å². The Morgan fingerprint density at radius 3 is 2.47 bits per heavy atom.